The first-order valence-electron chi connectivity index (χ1n) is 9.49. The van der Waals surface area contributed by atoms with Gasteiger partial charge in [0.25, 0.3) is 0 Å². The van der Waals surface area contributed by atoms with Crippen molar-refractivity contribution in [3.63, 3.8) is 0 Å². The van der Waals surface area contributed by atoms with Crippen LogP contribution in [-0.2, 0) is 0 Å². The summed E-state index contributed by atoms with van der Waals surface area (Å²) in [6, 6.07) is 1.46. The van der Waals surface area contributed by atoms with Crippen LogP contribution in [0.25, 0.3) is 0 Å². The van der Waals surface area contributed by atoms with E-state index in [0.717, 1.165) is 23.8 Å². The molecular weight excluding hydrogens is 256 g/mol. The molecule has 0 amide bonds. The summed E-state index contributed by atoms with van der Waals surface area (Å²) in [5.74, 6) is 2.71. The highest BCUT2D eigenvalue weighted by molar-refractivity contribution is 4.88. The molecule has 0 saturated heterocycles. The van der Waals surface area contributed by atoms with E-state index in [-0.39, 0.29) is 0 Å². The second-order valence-electron chi connectivity index (χ2n) is 8.14. The Morgan fingerprint density at radius 1 is 0.905 bits per heavy atom. The second kappa shape index (κ2) is 8.53. The van der Waals surface area contributed by atoms with Crippen molar-refractivity contribution in [3.05, 3.63) is 0 Å². The highest BCUT2D eigenvalue weighted by atomic mass is 15.1. The minimum absolute atomic E-state index is 0.666. The zero-order chi connectivity index (χ0) is 15.2. The van der Waals surface area contributed by atoms with E-state index >= 15 is 0 Å². The molecular formula is C19H38N2. The maximum absolute atomic E-state index is 3.99. The lowest BCUT2D eigenvalue weighted by Gasteiger charge is -2.41. The molecule has 3 atom stereocenters. The summed E-state index contributed by atoms with van der Waals surface area (Å²) < 4.78 is 0. The average Bonchev–Trinajstić information content (AvgIpc) is 2.48. The predicted octanol–water partition coefficient (Wildman–Crippen LogP) is 4.30. The molecule has 3 unspecified atom stereocenters. The number of nitrogens with zero attached hydrogens (tertiary/aromatic N) is 1. The van der Waals surface area contributed by atoms with E-state index in [4.69, 9.17) is 0 Å². The van der Waals surface area contributed by atoms with E-state index in [1.165, 1.54) is 64.3 Å². The maximum atomic E-state index is 3.99. The normalized spacial score (nSPS) is 30.0. The van der Waals surface area contributed by atoms with Crippen molar-refractivity contribution in [1.82, 2.24) is 10.2 Å². The molecule has 2 nitrogen and oxygen atoms in total. The van der Waals surface area contributed by atoms with Crippen LogP contribution in [0.1, 0.15) is 71.6 Å². The van der Waals surface area contributed by atoms with E-state index in [1.807, 2.05) is 0 Å². The van der Waals surface area contributed by atoms with E-state index in [0.29, 0.717) is 6.04 Å². The Hall–Kier alpha value is -0.0800. The Morgan fingerprint density at radius 2 is 1.52 bits per heavy atom. The summed E-state index contributed by atoms with van der Waals surface area (Å²) in [6.45, 7) is 5.87. The van der Waals surface area contributed by atoms with Gasteiger partial charge in [0.1, 0.15) is 0 Å². The van der Waals surface area contributed by atoms with Gasteiger partial charge in [0.15, 0.2) is 0 Å². The summed E-state index contributed by atoms with van der Waals surface area (Å²) in [5.41, 5.74) is 0. The van der Waals surface area contributed by atoms with Crippen molar-refractivity contribution in [2.75, 3.05) is 20.6 Å². The van der Waals surface area contributed by atoms with Crippen molar-refractivity contribution in [3.8, 4) is 0 Å². The molecule has 124 valence electrons. The third-order valence-electron chi connectivity index (χ3n) is 6.10. The highest BCUT2D eigenvalue weighted by Crippen LogP contribution is 2.38. The highest BCUT2D eigenvalue weighted by Gasteiger charge is 2.32. The molecule has 21 heavy (non-hydrogen) atoms. The first-order chi connectivity index (χ1) is 10.1. The number of hydrogen-bond acceptors (Lipinski definition) is 2. The Balaban J connectivity index is 1.89. The van der Waals surface area contributed by atoms with Crippen LogP contribution < -0.4 is 5.32 Å². The fraction of sp³-hybridized carbons (Fsp3) is 1.00. The fourth-order valence-corrected chi connectivity index (χ4v) is 4.83. The molecule has 0 radical (unpaired) electrons. The summed E-state index contributed by atoms with van der Waals surface area (Å²) >= 11 is 0. The molecule has 0 heterocycles. The third kappa shape index (κ3) is 4.96. The number of likely N-dealkylation sites (N-methyl/N-ethyl adjacent to an activating group) is 1. The van der Waals surface area contributed by atoms with Gasteiger partial charge in [0.05, 0.1) is 0 Å². The van der Waals surface area contributed by atoms with Gasteiger partial charge in [0, 0.05) is 18.6 Å². The molecule has 1 N–H and O–H groups in total. The van der Waals surface area contributed by atoms with Gasteiger partial charge < -0.3 is 10.2 Å². The average molecular weight is 295 g/mol. The largest absolute Gasteiger partial charge is 0.312 e. The number of hydrogen-bond donors (Lipinski definition) is 1. The SMILES string of the molecule is CC(C)C(CNC1CCCCC1C1CCCCC1)N(C)C. The summed E-state index contributed by atoms with van der Waals surface area (Å²) in [7, 11) is 4.46. The lowest BCUT2D eigenvalue weighted by Crippen LogP contribution is -2.49. The molecule has 2 rings (SSSR count). The second-order valence-corrected chi connectivity index (χ2v) is 8.14. The van der Waals surface area contributed by atoms with Crippen LogP contribution in [0, 0.1) is 17.8 Å². The lowest BCUT2D eigenvalue weighted by atomic mass is 9.71. The summed E-state index contributed by atoms with van der Waals surface area (Å²) in [6.07, 6.45) is 13.3. The Morgan fingerprint density at radius 3 is 2.14 bits per heavy atom. The van der Waals surface area contributed by atoms with Gasteiger partial charge in [-0.2, -0.15) is 0 Å². The molecule has 0 aromatic rings. The van der Waals surface area contributed by atoms with E-state index in [9.17, 15) is 0 Å². The Kier molecular flexibility index (Phi) is 7.01. The summed E-state index contributed by atoms with van der Waals surface area (Å²) in [4.78, 5) is 2.40. The number of rotatable bonds is 6. The smallest absolute Gasteiger partial charge is 0.0237 e. The molecule has 2 fully saturated rings. The number of nitrogens with one attached hydrogen (secondary N) is 1. The van der Waals surface area contributed by atoms with Gasteiger partial charge in [-0.1, -0.05) is 58.8 Å². The van der Waals surface area contributed by atoms with Gasteiger partial charge >= 0.3 is 0 Å². The molecule has 0 spiro atoms. The van der Waals surface area contributed by atoms with Crippen molar-refractivity contribution >= 4 is 0 Å². The van der Waals surface area contributed by atoms with Gasteiger partial charge in [0.2, 0.25) is 0 Å². The minimum Gasteiger partial charge on any atom is -0.312 e. The van der Waals surface area contributed by atoms with E-state index < -0.39 is 0 Å². The van der Waals surface area contributed by atoms with Crippen molar-refractivity contribution in [2.24, 2.45) is 17.8 Å². The lowest BCUT2D eigenvalue weighted by molar-refractivity contribution is 0.136. The molecule has 2 saturated carbocycles. The molecule has 2 aliphatic carbocycles. The predicted molar refractivity (Wildman–Crippen MR) is 92.6 cm³/mol. The fourth-order valence-electron chi connectivity index (χ4n) is 4.83. The third-order valence-corrected chi connectivity index (χ3v) is 6.10. The van der Waals surface area contributed by atoms with Crippen LogP contribution in [0.3, 0.4) is 0 Å². The van der Waals surface area contributed by atoms with Crippen LogP contribution in [0.15, 0.2) is 0 Å². The topological polar surface area (TPSA) is 15.3 Å². The van der Waals surface area contributed by atoms with E-state index in [1.54, 1.807) is 0 Å². The van der Waals surface area contributed by atoms with Crippen molar-refractivity contribution in [1.29, 1.82) is 0 Å². The molecule has 2 aliphatic rings. The van der Waals surface area contributed by atoms with Crippen LogP contribution >= 0.6 is 0 Å². The monoisotopic (exact) mass is 294 g/mol. The first kappa shape index (κ1) is 17.3. The standard InChI is InChI=1S/C19H38N2/c1-15(2)19(21(3)4)14-20-18-13-9-8-12-17(18)16-10-6-5-7-11-16/h15-20H,5-14H2,1-4H3. The summed E-state index contributed by atoms with van der Waals surface area (Å²) in [5, 5.41) is 3.99. The van der Waals surface area contributed by atoms with E-state index in [2.05, 4.69) is 38.2 Å². The molecule has 0 aromatic carbocycles. The molecule has 0 aliphatic heterocycles. The van der Waals surface area contributed by atoms with Gasteiger partial charge in [-0.05, 0) is 44.7 Å². The Labute approximate surface area is 133 Å². The quantitative estimate of drug-likeness (QED) is 0.785. The van der Waals surface area contributed by atoms with Gasteiger partial charge in [-0.15, -0.1) is 0 Å². The van der Waals surface area contributed by atoms with Gasteiger partial charge in [-0.3, -0.25) is 0 Å². The maximum Gasteiger partial charge on any atom is 0.0237 e. The van der Waals surface area contributed by atoms with Crippen LogP contribution in [-0.4, -0.2) is 37.6 Å². The first-order valence-corrected chi connectivity index (χ1v) is 9.49. The van der Waals surface area contributed by atoms with Crippen LogP contribution in [0.5, 0.6) is 0 Å². The van der Waals surface area contributed by atoms with Crippen molar-refractivity contribution < 1.29 is 0 Å². The zero-order valence-corrected chi connectivity index (χ0v) is 14.9. The van der Waals surface area contributed by atoms with Gasteiger partial charge in [-0.25, -0.2) is 0 Å². The minimum atomic E-state index is 0.666. The van der Waals surface area contributed by atoms with Crippen LogP contribution in [0.4, 0.5) is 0 Å². The van der Waals surface area contributed by atoms with Crippen molar-refractivity contribution in [2.45, 2.75) is 83.7 Å². The van der Waals surface area contributed by atoms with Crippen LogP contribution in [0.2, 0.25) is 0 Å². The molecule has 0 aromatic heterocycles. The zero-order valence-electron chi connectivity index (χ0n) is 14.9. The molecule has 0 bridgehead atoms. The molecule has 2 heteroatoms. The Bertz CT molecular complexity index is 273.